The summed E-state index contributed by atoms with van der Waals surface area (Å²) in [6.07, 6.45) is 3.81. The molecule has 0 aliphatic carbocycles. The summed E-state index contributed by atoms with van der Waals surface area (Å²) in [5.74, 6) is 0.790. The molecular weight excluding hydrogens is 172 g/mol. The molecule has 68 valence electrons. The van der Waals surface area contributed by atoms with Crippen molar-refractivity contribution in [2.45, 2.75) is 12.8 Å². The van der Waals surface area contributed by atoms with E-state index in [1.165, 1.54) is 11.8 Å². The van der Waals surface area contributed by atoms with Crippen LogP contribution in [0.25, 0.3) is 0 Å². The van der Waals surface area contributed by atoms with Crippen molar-refractivity contribution in [3.05, 3.63) is 12.7 Å². The van der Waals surface area contributed by atoms with Gasteiger partial charge in [-0.25, -0.2) is 0 Å². The number of hydrogen-bond donors (Lipinski definition) is 3. The minimum atomic E-state index is -0.0591. The van der Waals surface area contributed by atoms with Crippen molar-refractivity contribution in [1.82, 2.24) is 0 Å². The lowest BCUT2D eigenvalue weighted by atomic mass is 10.3. The van der Waals surface area contributed by atoms with Crippen molar-refractivity contribution in [2.24, 2.45) is 16.5 Å². The molecule has 0 amide bonds. The summed E-state index contributed by atoms with van der Waals surface area (Å²) in [7, 11) is 0. The van der Waals surface area contributed by atoms with Crippen LogP contribution in [0.2, 0.25) is 0 Å². The zero-order valence-electron chi connectivity index (χ0n) is 6.92. The summed E-state index contributed by atoms with van der Waals surface area (Å²) in [6.45, 7) is 3.60. The number of guanidine groups is 1. The number of hydrogen-bond acceptors (Lipinski definition) is 2. The second-order valence-electron chi connectivity index (χ2n) is 2.12. The highest BCUT2D eigenvalue weighted by molar-refractivity contribution is 8.13. The first-order valence-corrected chi connectivity index (χ1v) is 4.57. The molecule has 0 aliphatic heterocycles. The van der Waals surface area contributed by atoms with Crippen molar-refractivity contribution < 1.29 is 0 Å². The van der Waals surface area contributed by atoms with Gasteiger partial charge in [0.25, 0.3) is 0 Å². The highest BCUT2D eigenvalue weighted by Gasteiger charge is 1.94. The van der Waals surface area contributed by atoms with Gasteiger partial charge in [-0.05, 0) is 12.8 Å². The van der Waals surface area contributed by atoms with E-state index in [2.05, 4.69) is 11.6 Å². The van der Waals surface area contributed by atoms with E-state index in [1.807, 2.05) is 6.08 Å². The van der Waals surface area contributed by atoms with E-state index in [0.717, 1.165) is 18.6 Å². The second-order valence-corrected chi connectivity index (χ2v) is 3.20. The van der Waals surface area contributed by atoms with Crippen LogP contribution >= 0.6 is 11.8 Å². The Labute approximate surface area is 76.6 Å². The Morgan fingerprint density at radius 3 is 2.75 bits per heavy atom. The van der Waals surface area contributed by atoms with Gasteiger partial charge < -0.3 is 11.5 Å². The van der Waals surface area contributed by atoms with E-state index in [0.29, 0.717) is 0 Å². The molecule has 0 heterocycles. The predicted molar refractivity (Wildman–Crippen MR) is 55.4 cm³/mol. The molecule has 0 radical (unpaired) electrons. The van der Waals surface area contributed by atoms with Crippen molar-refractivity contribution in [3.8, 4) is 0 Å². The first-order valence-electron chi connectivity index (χ1n) is 3.58. The standard InChI is InChI=1S/C7H14N4S/c1-2-3-4-5-12-7(10)11-6(8)9/h2H,1,3-5H2,(H5,8,9,10,11). The largest absolute Gasteiger partial charge is 0.370 e. The van der Waals surface area contributed by atoms with Gasteiger partial charge >= 0.3 is 0 Å². The van der Waals surface area contributed by atoms with Crippen LogP contribution in [-0.4, -0.2) is 16.9 Å². The molecule has 0 aromatic rings. The van der Waals surface area contributed by atoms with E-state index in [4.69, 9.17) is 16.9 Å². The van der Waals surface area contributed by atoms with Gasteiger partial charge in [-0.2, -0.15) is 4.99 Å². The SMILES string of the molecule is C=CCCCSC(=N)N=C(N)N. The number of allylic oxidation sites excluding steroid dienone is 1. The fourth-order valence-corrected chi connectivity index (χ4v) is 1.22. The molecule has 12 heavy (non-hydrogen) atoms. The molecule has 0 saturated heterocycles. The van der Waals surface area contributed by atoms with Crippen molar-refractivity contribution in [3.63, 3.8) is 0 Å². The van der Waals surface area contributed by atoms with Crippen LogP contribution in [0.15, 0.2) is 17.6 Å². The highest BCUT2D eigenvalue weighted by Crippen LogP contribution is 2.06. The normalized spacial score (nSPS) is 9.00. The van der Waals surface area contributed by atoms with Crippen molar-refractivity contribution in [2.75, 3.05) is 5.75 Å². The summed E-state index contributed by atoms with van der Waals surface area (Å²) in [5, 5.41) is 7.41. The van der Waals surface area contributed by atoms with Crippen LogP contribution in [0.3, 0.4) is 0 Å². The van der Waals surface area contributed by atoms with Gasteiger partial charge in [-0.3, -0.25) is 5.41 Å². The van der Waals surface area contributed by atoms with Crippen LogP contribution in [0.1, 0.15) is 12.8 Å². The van der Waals surface area contributed by atoms with Crippen LogP contribution in [0, 0.1) is 5.41 Å². The van der Waals surface area contributed by atoms with Gasteiger partial charge in [-0.1, -0.05) is 17.8 Å². The van der Waals surface area contributed by atoms with Gasteiger partial charge in [0.2, 0.25) is 0 Å². The number of nitrogens with one attached hydrogen (secondary N) is 1. The van der Waals surface area contributed by atoms with Crippen molar-refractivity contribution >= 4 is 22.9 Å². The van der Waals surface area contributed by atoms with E-state index < -0.39 is 0 Å². The first kappa shape index (κ1) is 11.0. The Hall–Kier alpha value is -0.970. The third-order valence-corrected chi connectivity index (χ3v) is 1.88. The third-order valence-electron chi connectivity index (χ3n) is 1.02. The molecule has 0 atom stereocenters. The second kappa shape index (κ2) is 6.72. The molecule has 5 N–H and O–H groups in total. The van der Waals surface area contributed by atoms with Crippen molar-refractivity contribution in [1.29, 1.82) is 5.41 Å². The molecule has 0 fully saturated rings. The summed E-state index contributed by atoms with van der Waals surface area (Å²) >= 11 is 1.33. The minimum absolute atomic E-state index is 0.0591. The average Bonchev–Trinajstić information content (AvgIpc) is 1.97. The van der Waals surface area contributed by atoms with Crippen LogP contribution in [-0.2, 0) is 0 Å². The molecule has 4 nitrogen and oxygen atoms in total. The zero-order valence-corrected chi connectivity index (χ0v) is 7.73. The Balaban J connectivity index is 3.45. The smallest absolute Gasteiger partial charge is 0.193 e. The molecule has 0 bridgehead atoms. The maximum absolute atomic E-state index is 7.24. The number of unbranched alkanes of at least 4 members (excludes halogenated alkanes) is 1. The number of nitrogens with two attached hydrogens (primary N) is 2. The first-order chi connectivity index (χ1) is 5.66. The van der Waals surface area contributed by atoms with E-state index in [-0.39, 0.29) is 11.1 Å². The molecule has 0 aromatic carbocycles. The van der Waals surface area contributed by atoms with E-state index in [9.17, 15) is 0 Å². The summed E-state index contributed by atoms with van der Waals surface area (Å²) < 4.78 is 0. The Kier molecular flexibility index (Phi) is 6.18. The number of rotatable bonds is 4. The maximum atomic E-state index is 7.24. The molecule has 0 aromatic heterocycles. The molecule has 0 spiro atoms. The van der Waals surface area contributed by atoms with Gasteiger partial charge in [0.05, 0.1) is 0 Å². The summed E-state index contributed by atoms with van der Waals surface area (Å²) in [5.41, 5.74) is 10.2. The topological polar surface area (TPSA) is 88.2 Å². The molecule has 0 aliphatic rings. The van der Waals surface area contributed by atoms with Gasteiger partial charge in [0.1, 0.15) is 0 Å². The van der Waals surface area contributed by atoms with Gasteiger partial charge in [0, 0.05) is 5.75 Å². The lowest BCUT2D eigenvalue weighted by Crippen LogP contribution is -2.23. The van der Waals surface area contributed by atoms with E-state index >= 15 is 0 Å². The van der Waals surface area contributed by atoms with Crippen LogP contribution in [0.5, 0.6) is 0 Å². The van der Waals surface area contributed by atoms with Gasteiger partial charge in [0.15, 0.2) is 11.1 Å². The fourth-order valence-electron chi connectivity index (χ4n) is 0.546. The maximum Gasteiger partial charge on any atom is 0.193 e. The number of thioether (sulfide) groups is 1. The predicted octanol–water partition coefficient (Wildman–Crippen LogP) is 0.894. The Morgan fingerprint density at radius 1 is 1.58 bits per heavy atom. The Morgan fingerprint density at radius 2 is 2.25 bits per heavy atom. The van der Waals surface area contributed by atoms with Gasteiger partial charge in [-0.15, -0.1) is 6.58 Å². The van der Waals surface area contributed by atoms with Crippen LogP contribution < -0.4 is 11.5 Å². The summed E-state index contributed by atoms with van der Waals surface area (Å²) in [4.78, 5) is 3.57. The number of amidine groups is 1. The number of aliphatic imine (C=N–C) groups is 1. The minimum Gasteiger partial charge on any atom is -0.370 e. The van der Waals surface area contributed by atoms with E-state index in [1.54, 1.807) is 0 Å². The fraction of sp³-hybridized carbons (Fsp3) is 0.429. The molecular formula is C7H14N4S. The van der Waals surface area contributed by atoms with Crippen LogP contribution in [0.4, 0.5) is 0 Å². The molecule has 0 unspecified atom stereocenters. The third kappa shape index (κ3) is 7.14. The Bertz CT molecular complexity index is 184. The zero-order chi connectivity index (χ0) is 9.40. The lowest BCUT2D eigenvalue weighted by Gasteiger charge is -1.96. The summed E-state index contributed by atoms with van der Waals surface area (Å²) in [6, 6.07) is 0. The monoisotopic (exact) mass is 186 g/mol. The molecule has 0 saturated carbocycles. The average molecular weight is 186 g/mol. The quantitative estimate of drug-likeness (QED) is 0.264. The lowest BCUT2D eigenvalue weighted by molar-refractivity contribution is 0.976. The number of nitrogens with zero attached hydrogens (tertiary/aromatic N) is 1. The molecule has 5 heteroatoms. The molecule has 0 rings (SSSR count). The highest BCUT2D eigenvalue weighted by atomic mass is 32.2.